The Bertz CT molecular complexity index is 873. The molecule has 0 spiro atoms. The van der Waals surface area contributed by atoms with Crippen LogP contribution in [0.15, 0.2) is 78.3 Å². The quantitative estimate of drug-likeness (QED) is 0.311. The Morgan fingerprint density at radius 2 is 1.75 bits per heavy atom. The minimum atomic E-state index is 0. The van der Waals surface area contributed by atoms with E-state index in [0.29, 0.717) is 6.54 Å². The summed E-state index contributed by atoms with van der Waals surface area (Å²) in [6, 6.07) is 18.8. The van der Waals surface area contributed by atoms with Gasteiger partial charge in [-0.3, -0.25) is 4.99 Å². The lowest BCUT2D eigenvalue weighted by molar-refractivity contribution is 0.508. The van der Waals surface area contributed by atoms with Crippen molar-refractivity contribution in [2.45, 2.75) is 25.8 Å². The summed E-state index contributed by atoms with van der Waals surface area (Å²) in [5, 5.41) is 6.87. The first kappa shape index (κ1) is 21.9. The van der Waals surface area contributed by atoms with E-state index in [-0.39, 0.29) is 29.4 Å². The average Bonchev–Trinajstić information content (AvgIpc) is 3.24. The zero-order valence-electron chi connectivity index (χ0n) is 16.6. The van der Waals surface area contributed by atoms with Gasteiger partial charge in [0.15, 0.2) is 5.96 Å². The molecule has 3 aromatic rings. The Kier molecular flexibility index (Phi) is 8.04. The summed E-state index contributed by atoms with van der Waals surface area (Å²) >= 11 is 0. The monoisotopic (exact) mass is 489 g/mol. The van der Waals surface area contributed by atoms with Crippen LogP contribution in [-0.2, 0) is 12.0 Å². The molecule has 0 fully saturated rings. The molecule has 0 amide bonds. The second-order valence-corrected chi connectivity index (χ2v) is 7.13. The van der Waals surface area contributed by atoms with Crippen LogP contribution in [0, 0.1) is 0 Å². The molecule has 0 saturated carbocycles. The average molecular weight is 489 g/mol. The maximum absolute atomic E-state index is 4.37. The summed E-state index contributed by atoms with van der Waals surface area (Å²) in [4.78, 5) is 8.51. The predicted molar refractivity (Wildman–Crippen MR) is 127 cm³/mol. The Morgan fingerprint density at radius 1 is 1.04 bits per heavy atom. The van der Waals surface area contributed by atoms with E-state index in [1.807, 2.05) is 35.3 Å². The SMILES string of the molecule is CN=C(NCc1ccccc1-n1ccnc1)NCC(C)(C)c1ccccc1.I. The number of para-hydroxylation sites is 1. The Balaban J connectivity index is 0.00000280. The molecular weight excluding hydrogens is 461 g/mol. The van der Waals surface area contributed by atoms with Gasteiger partial charge in [0.1, 0.15) is 0 Å². The van der Waals surface area contributed by atoms with Gasteiger partial charge in [-0.15, -0.1) is 24.0 Å². The van der Waals surface area contributed by atoms with Gasteiger partial charge in [0.25, 0.3) is 0 Å². The fourth-order valence-corrected chi connectivity index (χ4v) is 3.01. The molecule has 5 nitrogen and oxygen atoms in total. The number of guanidine groups is 1. The minimum absolute atomic E-state index is 0. The molecule has 3 rings (SSSR count). The van der Waals surface area contributed by atoms with Gasteiger partial charge in [0.05, 0.1) is 12.0 Å². The summed E-state index contributed by atoms with van der Waals surface area (Å²) in [7, 11) is 1.80. The number of aromatic nitrogens is 2. The van der Waals surface area contributed by atoms with Gasteiger partial charge in [0, 0.05) is 37.9 Å². The number of rotatable bonds is 6. The highest BCUT2D eigenvalue weighted by Crippen LogP contribution is 2.21. The highest BCUT2D eigenvalue weighted by Gasteiger charge is 2.20. The highest BCUT2D eigenvalue weighted by molar-refractivity contribution is 14.0. The maximum atomic E-state index is 4.37. The van der Waals surface area contributed by atoms with Crippen LogP contribution in [0.4, 0.5) is 0 Å². The van der Waals surface area contributed by atoms with Crippen molar-refractivity contribution in [3.05, 3.63) is 84.4 Å². The first-order chi connectivity index (χ1) is 13.1. The fraction of sp³-hybridized carbons (Fsp3) is 0.273. The number of nitrogens with zero attached hydrogens (tertiary/aromatic N) is 3. The number of hydrogen-bond donors (Lipinski definition) is 2. The van der Waals surface area contributed by atoms with E-state index in [9.17, 15) is 0 Å². The molecule has 0 unspecified atom stereocenters. The summed E-state index contributed by atoms with van der Waals surface area (Å²) in [6.07, 6.45) is 5.55. The van der Waals surface area contributed by atoms with Crippen molar-refractivity contribution in [2.75, 3.05) is 13.6 Å². The molecule has 0 aliphatic carbocycles. The zero-order chi connectivity index (χ0) is 19.1. The summed E-state index contributed by atoms with van der Waals surface area (Å²) in [6.45, 7) is 5.94. The second-order valence-electron chi connectivity index (χ2n) is 7.13. The zero-order valence-corrected chi connectivity index (χ0v) is 18.9. The first-order valence-electron chi connectivity index (χ1n) is 9.16. The van der Waals surface area contributed by atoms with Crippen LogP contribution in [0.1, 0.15) is 25.0 Å². The minimum Gasteiger partial charge on any atom is -0.356 e. The first-order valence-corrected chi connectivity index (χ1v) is 9.16. The van der Waals surface area contributed by atoms with Gasteiger partial charge >= 0.3 is 0 Å². The molecular formula is C22H28IN5. The molecule has 148 valence electrons. The van der Waals surface area contributed by atoms with Crippen LogP contribution in [0.25, 0.3) is 5.69 Å². The maximum Gasteiger partial charge on any atom is 0.191 e. The summed E-state index contributed by atoms with van der Waals surface area (Å²) in [5.41, 5.74) is 3.61. The van der Waals surface area contributed by atoms with Crippen LogP contribution in [0.5, 0.6) is 0 Å². The van der Waals surface area contributed by atoms with Crippen LogP contribution >= 0.6 is 24.0 Å². The van der Waals surface area contributed by atoms with Crippen molar-refractivity contribution < 1.29 is 0 Å². The standard InChI is InChI=1S/C22H27N5.HI/c1-22(2,19-10-5-4-6-11-19)16-26-21(23-3)25-15-18-9-7-8-12-20(18)27-14-13-24-17-27;/h4-14,17H,15-16H2,1-3H3,(H2,23,25,26);1H. The number of nitrogens with one attached hydrogen (secondary N) is 2. The van der Waals surface area contributed by atoms with Crippen molar-refractivity contribution >= 4 is 29.9 Å². The molecule has 0 saturated heterocycles. The number of aliphatic imine (C=N–C) groups is 1. The molecule has 1 heterocycles. The van der Waals surface area contributed by atoms with Gasteiger partial charge in [-0.2, -0.15) is 0 Å². The highest BCUT2D eigenvalue weighted by atomic mass is 127. The number of benzene rings is 2. The number of hydrogen-bond acceptors (Lipinski definition) is 2. The van der Waals surface area contributed by atoms with Crippen molar-refractivity contribution in [3.63, 3.8) is 0 Å². The van der Waals surface area contributed by atoms with E-state index in [0.717, 1.165) is 18.2 Å². The molecule has 28 heavy (non-hydrogen) atoms. The molecule has 0 atom stereocenters. The number of halogens is 1. The molecule has 0 aliphatic heterocycles. The Hall–Kier alpha value is -2.35. The third-order valence-corrected chi connectivity index (χ3v) is 4.70. The van der Waals surface area contributed by atoms with E-state index in [1.165, 1.54) is 11.1 Å². The fourth-order valence-electron chi connectivity index (χ4n) is 3.01. The van der Waals surface area contributed by atoms with Crippen LogP contribution in [-0.4, -0.2) is 29.1 Å². The summed E-state index contributed by atoms with van der Waals surface area (Å²) < 4.78 is 2.02. The molecule has 0 aliphatic rings. The second kappa shape index (κ2) is 10.3. The number of imidazole rings is 1. The third kappa shape index (κ3) is 5.58. The smallest absolute Gasteiger partial charge is 0.191 e. The topological polar surface area (TPSA) is 54.2 Å². The van der Waals surface area contributed by atoms with Crippen LogP contribution in [0.3, 0.4) is 0 Å². The molecule has 6 heteroatoms. The normalized spacial score (nSPS) is 11.6. The molecule has 0 bridgehead atoms. The van der Waals surface area contributed by atoms with E-state index < -0.39 is 0 Å². The van der Waals surface area contributed by atoms with Crippen molar-refractivity contribution in [1.82, 2.24) is 20.2 Å². The van der Waals surface area contributed by atoms with Gasteiger partial charge in [-0.1, -0.05) is 62.4 Å². The van der Waals surface area contributed by atoms with E-state index in [4.69, 9.17) is 0 Å². The lowest BCUT2D eigenvalue weighted by atomic mass is 9.85. The van der Waals surface area contributed by atoms with E-state index >= 15 is 0 Å². The van der Waals surface area contributed by atoms with E-state index in [2.05, 4.69) is 70.9 Å². The van der Waals surface area contributed by atoms with Crippen LogP contribution in [0.2, 0.25) is 0 Å². The lowest BCUT2D eigenvalue weighted by Crippen LogP contribution is -2.43. The van der Waals surface area contributed by atoms with Gasteiger partial charge in [-0.25, -0.2) is 4.98 Å². The van der Waals surface area contributed by atoms with Crippen molar-refractivity contribution in [3.8, 4) is 5.69 Å². The Labute approximate surface area is 184 Å². The molecule has 0 radical (unpaired) electrons. The molecule has 2 aromatic carbocycles. The lowest BCUT2D eigenvalue weighted by Gasteiger charge is -2.27. The van der Waals surface area contributed by atoms with E-state index in [1.54, 1.807) is 13.2 Å². The Morgan fingerprint density at radius 3 is 2.43 bits per heavy atom. The van der Waals surface area contributed by atoms with Crippen molar-refractivity contribution in [2.24, 2.45) is 4.99 Å². The third-order valence-electron chi connectivity index (χ3n) is 4.70. The van der Waals surface area contributed by atoms with Gasteiger partial charge in [-0.05, 0) is 17.2 Å². The van der Waals surface area contributed by atoms with Crippen molar-refractivity contribution in [1.29, 1.82) is 0 Å². The van der Waals surface area contributed by atoms with Gasteiger partial charge in [0.2, 0.25) is 0 Å². The molecule has 2 N–H and O–H groups in total. The largest absolute Gasteiger partial charge is 0.356 e. The summed E-state index contributed by atoms with van der Waals surface area (Å²) in [5.74, 6) is 0.791. The predicted octanol–water partition coefficient (Wildman–Crippen LogP) is 4.13. The molecule has 1 aromatic heterocycles. The van der Waals surface area contributed by atoms with Gasteiger partial charge < -0.3 is 15.2 Å². The van der Waals surface area contributed by atoms with Crippen LogP contribution < -0.4 is 10.6 Å².